The maximum absolute atomic E-state index is 12.4. The zero-order chi connectivity index (χ0) is 14.2. The Hall–Kier alpha value is -1.72. The van der Waals surface area contributed by atoms with Crippen molar-refractivity contribution in [2.75, 3.05) is 0 Å². The molecule has 0 unspecified atom stereocenters. The quantitative estimate of drug-likeness (QED) is 0.811. The molecule has 3 nitrogen and oxygen atoms in total. The number of benzene rings is 1. The first kappa shape index (κ1) is 13.7. The summed E-state index contributed by atoms with van der Waals surface area (Å²) in [4.78, 5) is 11.2. The molecule has 1 saturated carbocycles. The fourth-order valence-electron chi connectivity index (χ4n) is 2.49. The molecule has 1 fully saturated rings. The van der Waals surface area contributed by atoms with Crippen molar-refractivity contribution < 1.29 is 28.2 Å². The lowest BCUT2D eigenvalue weighted by atomic mass is 9.93. The largest absolute Gasteiger partial charge is 0.508 e. The summed E-state index contributed by atoms with van der Waals surface area (Å²) >= 11 is 0. The molecule has 0 radical (unpaired) electrons. The zero-order valence-electron chi connectivity index (χ0n) is 10.00. The Bertz CT molecular complexity index is 503. The molecule has 2 rings (SSSR count). The van der Waals surface area contributed by atoms with E-state index in [4.69, 9.17) is 0 Å². The van der Waals surface area contributed by atoms with Gasteiger partial charge in [0.25, 0.3) is 5.78 Å². The van der Waals surface area contributed by atoms with Crippen molar-refractivity contribution in [3.8, 4) is 11.5 Å². The molecule has 0 spiro atoms. The third-order valence-corrected chi connectivity index (χ3v) is 3.44. The lowest BCUT2D eigenvalue weighted by Crippen LogP contribution is -2.23. The Morgan fingerprint density at radius 1 is 1.11 bits per heavy atom. The first-order chi connectivity index (χ1) is 8.80. The van der Waals surface area contributed by atoms with Gasteiger partial charge in [0.2, 0.25) is 0 Å². The van der Waals surface area contributed by atoms with Crippen LogP contribution >= 0.6 is 0 Å². The van der Waals surface area contributed by atoms with Crippen LogP contribution in [-0.2, 0) is 0 Å². The second-order valence-electron chi connectivity index (χ2n) is 4.74. The number of aromatic hydroxyl groups is 2. The van der Waals surface area contributed by atoms with Crippen molar-refractivity contribution in [1.82, 2.24) is 0 Å². The van der Waals surface area contributed by atoms with Gasteiger partial charge in [0.1, 0.15) is 11.5 Å². The fraction of sp³-hybridized carbons (Fsp3) is 0.462. The SMILES string of the molecule is O=C(c1cc(C2CCCC2)c(O)cc1O)C(F)(F)F. The van der Waals surface area contributed by atoms with Crippen molar-refractivity contribution in [3.63, 3.8) is 0 Å². The monoisotopic (exact) mass is 274 g/mol. The van der Waals surface area contributed by atoms with Gasteiger partial charge in [0.05, 0.1) is 5.56 Å². The molecule has 1 aromatic rings. The van der Waals surface area contributed by atoms with E-state index in [1.807, 2.05) is 0 Å². The lowest BCUT2D eigenvalue weighted by molar-refractivity contribution is -0.0886. The van der Waals surface area contributed by atoms with Crippen LogP contribution in [0.15, 0.2) is 12.1 Å². The Kier molecular flexibility index (Phi) is 3.43. The third kappa shape index (κ3) is 2.67. The van der Waals surface area contributed by atoms with Crippen LogP contribution in [0.3, 0.4) is 0 Å². The molecule has 0 aliphatic heterocycles. The number of Topliss-reactive ketones (excluding diaryl/α,β-unsaturated/α-hetero) is 1. The van der Waals surface area contributed by atoms with Crippen molar-refractivity contribution in [2.24, 2.45) is 0 Å². The van der Waals surface area contributed by atoms with Crippen molar-refractivity contribution in [1.29, 1.82) is 0 Å². The predicted octanol–water partition coefficient (Wildman–Crippen LogP) is 3.50. The van der Waals surface area contributed by atoms with Crippen molar-refractivity contribution in [2.45, 2.75) is 37.8 Å². The van der Waals surface area contributed by atoms with Crippen molar-refractivity contribution in [3.05, 3.63) is 23.3 Å². The van der Waals surface area contributed by atoms with Crippen LogP contribution in [0, 0.1) is 0 Å². The smallest absolute Gasteiger partial charge is 0.455 e. The highest BCUT2D eigenvalue weighted by Crippen LogP contribution is 2.41. The van der Waals surface area contributed by atoms with E-state index in [0.29, 0.717) is 5.56 Å². The summed E-state index contributed by atoms with van der Waals surface area (Å²) in [6.45, 7) is 0. The van der Waals surface area contributed by atoms with Gasteiger partial charge in [-0.25, -0.2) is 0 Å². The van der Waals surface area contributed by atoms with Crippen LogP contribution in [0.4, 0.5) is 13.2 Å². The van der Waals surface area contributed by atoms with Crippen LogP contribution in [0.25, 0.3) is 0 Å². The zero-order valence-corrected chi connectivity index (χ0v) is 10.00. The van der Waals surface area contributed by atoms with Crippen molar-refractivity contribution >= 4 is 5.78 Å². The minimum atomic E-state index is -5.04. The molecular formula is C13H13F3O3. The summed E-state index contributed by atoms with van der Waals surface area (Å²) in [6, 6.07) is 1.78. The number of phenols is 2. The molecule has 6 heteroatoms. The molecule has 0 heterocycles. The number of carbonyl (C=O) groups excluding carboxylic acids is 1. The van der Waals surface area contributed by atoms with Gasteiger partial charge in [0.15, 0.2) is 0 Å². The fourth-order valence-corrected chi connectivity index (χ4v) is 2.49. The Balaban J connectivity index is 2.44. The van der Waals surface area contributed by atoms with E-state index in [0.717, 1.165) is 37.8 Å². The molecule has 1 aliphatic rings. The summed E-state index contributed by atoms with van der Waals surface area (Å²) < 4.78 is 37.2. The molecule has 104 valence electrons. The van der Waals surface area contributed by atoms with E-state index in [-0.39, 0.29) is 11.7 Å². The Morgan fingerprint density at radius 3 is 2.21 bits per heavy atom. The molecule has 2 N–H and O–H groups in total. The summed E-state index contributed by atoms with van der Waals surface area (Å²) in [5.74, 6) is -3.26. The first-order valence-corrected chi connectivity index (χ1v) is 5.98. The van der Waals surface area contributed by atoms with Crippen LogP contribution < -0.4 is 0 Å². The number of carbonyl (C=O) groups is 1. The maximum Gasteiger partial charge on any atom is 0.455 e. The topological polar surface area (TPSA) is 57.5 Å². The molecule has 0 amide bonds. The molecule has 1 aromatic carbocycles. The molecule has 0 saturated heterocycles. The van der Waals surface area contributed by atoms with Crippen LogP contribution in [-0.4, -0.2) is 22.2 Å². The maximum atomic E-state index is 12.4. The first-order valence-electron chi connectivity index (χ1n) is 5.98. The van der Waals surface area contributed by atoms with E-state index < -0.39 is 23.3 Å². The number of halogens is 3. The van der Waals surface area contributed by atoms with E-state index in [1.165, 1.54) is 0 Å². The molecule has 19 heavy (non-hydrogen) atoms. The highest BCUT2D eigenvalue weighted by atomic mass is 19.4. The number of rotatable bonds is 2. The highest BCUT2D eigenvalue weighted by Gasteiger charge is 2.41. The van der Waals surface area contributed by atoms with E-state index in [9.17, 15) is 28.2 Å². The second kappa shape index (κ2) is 4.75. The van der Waals surface area contributed by atoms with Gasteiger partial charge < -0.3 is 10.2 Å². The summed E-state index contributed by atoms with van der Waals surface area (Å²) in [7, 11) is 0. The molecule has 0 bridgehead atoms. The van der Waals surface area contributed by atoms with Crippen LogP contribution in [0.1, 0.15) is 47.5 Å². The Labute approximate surface area is 107 Å². The van der Waals surface area contributed by atoms with Gasteiger partial charge in [-0.2, -0.15) is 13.2 Å². The summed E-state index contributed by atoms with van der Waals surface area (Å²) in [5.41, 5.74) is -0.491. The minimum absolute atomic E-state index is 0.0552. The minimum Gasteiger partial charge on any atom is -0.508 e. The van der Waals surface area contributed by atoms with Gasteiger partial charge in [-0.1, -0.05) is 12.8 Å². The van der Waals surface area contributed by atoms with E-state index in [1.54, 1.807) is 0 Å². The average molecular weight is 274 g/mol. The third-order valence-electron chi connectivity index (χ3n) is 3.44. The standard InChI is InChI=1S/C13H13F3O3/c14-13(15,16)12(19)9-5-8(7-3-1-2-4-7)10(17)6-11(9)18/h5-7,17-18H,1-4H2. The van der Waals surface area contributed by atoms with E-state index >= 15 is 0 Å². The molecule has 0 aromatic heterocycles. The van der Waals surface area contributed by atoms with Gasteiger partial charge in [-0.15, -0.1) is 0 Å². The van der Waals surface area contributed by atoms with Crippen LogP contribution in [0.5, 0.6) is 11.5 Å². The second-order valence-corrected chi connectivity index (χ2v) is 4.74. The predicted molar refractivity (Wildman–Crippen MR) is 61.4 cm³/mol. The number of ketones is 1. The lowest BCUT2D eigenvalue weighted by Gasteiger charge is -2.15. The molecular weight excluding hydrogens is 261 g/mol. The van der Waals surface area contributed by atoms with Crippen LogP contribution in [0.2, 0.25) is 0 Å². The van der Waals surface area contributed by atoms with Gasteiger partial charge in [-0.3, -0.25) is 4.79 Å². The van der Waals surface area contributed by atoms with Gasteiger partial charge in [-0.05, 0) is 30.4 Å². The number of phenolic OH excluding ortho intramolecular Hbond substituents is 2. The average Bonchev–Trinajstić information content (AvgIpc) is 2.80. The van der Waals surface area contributed by atoms with Gasteiger partial charge >= 0.3 is 6.18 Å². The normalized spacial score (nSPS) is 16.8. The number of hydrogen-bond acceptors (Lipinski definition) is 3. The van der Waals surface area contributed by atoms with E-state index in [2.05, 4.69) is 0 Å². The molecule has 0 atom stereocenters. The number of hydrogen-bond donors (Lipinski definition) is 2. The van der Waals surface area contributed by atoms with Gasteiger partial charge in [0, 0.05) is 6.07 Å². The highest BCUT2D eigenvalue weighted by molar-refractivity contribution is 6.02. The summed E-state index contributed by atoms with van der Waals surface area (Å²) in [5, 5.41) is 19.1. The summed E-state index contributed by atoms with van der Waals surface area (Å²) in [6.07, 6.45) is -1.64. The number of alkyl halides is 3. The molecule has 1 aliphatic carbocycles. The Morgan fingerprint density at radius 2 is 1.68 bits per heavy atom.